The fourth-order valence-electron chi connectivity index (χ4n) is 2.40. The van der Waals surface area contributed by atoms with Crippen LogP contribution in [0.1, 0.15) is 25.0 Å². The number of anilines is 2. The fraction of sp³-hybridized carbons (Fsp3) is 0.263. The van der Waals surface area contributed by atoms with Crippen LogP contribution >= 0.6 is 0 Å². The molecular weight excluding hydrogens is 288 g/mol. The molecule has 4 heteroatoms. The predicted octanol–water partition coefficient (Wildman–Crippen LogP) is 3.55. The summed E-state index contributed by atoms with van der Waals surface area (Å²) < 4.78 is 0. The smallest absolute Gasteiger partial charge is 0.244 e. The maximum atomic E-state index is 12.3. The second kappa shape index (κ2) is 7.58. The van der Waals surface area contributed by atoms with Gasteiger partial charge < -0.3 is 10.2 Å². The Balaban J connectivity index is 2.09. The van der Waals surface area contributed by atoms with Crippen molar-refractivity contribution in [2.45, 2.75) is 27.2 Å². The van der Waals surface area contributed by atoms with Gasteiger partial charge in [-0.15, -0.1) is 0 Å². The van der Waals surface area contributed by atoms with E-state index in [2.05, 4.69) is 12.2 Å². The van der Waals surface area contributed by atoms with Crippen molar-refractivity contribution in [3.05, 3.63) is 59.7 Å². The topological polar surface area (TPSA) is 49.4 Å². The first-order valence-electron chi connectivity index (χ1n) is 7.73. The molecule has 0 aromatic heterocycles. The number of para-hydroxylation sites is 1. The summed E-state index contributed by atoms with van der Waals surface area (Å²) in [6.45, 7) is 5.47. The zero-order valence-corrected chi connectivity index (χ0v) is 13.8. The number of carbonyl (C=O) groups is 2. The van der Waals surface area contributed by atoms with Gasteiger partial charge in [0.15, 0.2) is 0 Å². The molecule has 0 aliphatic carbocycles. The van der Waals surface area contributed by atoms with Gasteiger partial charge in [0.2, 0.25) is 11.8 Å². The molecular formula is C19H22N2O2. The van der Waals surface area contributed by atoms with Crippen molar-refractivity contribution < 1.29 is 9.59 Å². The van der Waals surface area contributed by atoms with Crippen LogP contribution in [0.5, 0.6) is 0 Å². The van der Waals surface area contributed by atoms with Crippen LogP contribution in [-0.2, 0) is 16.0 Å². The van der Waals surface area contributed by atoms with Gasteiger partial charge in [0, 0.05) is 18.3 Å². The molecule has 120 valence electrons. The maximum Gasteiger partial charge on any atom is 0.244 e. The molecule has 0 spiro atoms. The van der Waals surface area contributed by atoms with E-state index in [4.69, 9.17) is 0 Å². The average molecular weight is 310 g/mol. The molecule has 2 rings (SSSR count). The van der Waals surface area contributed by atoms with E-state index in [1.165, 1.54) is 17.4 Å². The van der Waals surface area contributed by atoms with Crippen molar-refractivity contribution in [1.29, 1.82) is 0 Å². The highest BCUT2D eigenvalue weighted by Gasteiger charge is 2.17. The highest BCUT2D eigenvalue weighted by Crippen LogP contribution is 2.19. The van der Waals surface area contributed by atoms with Gasteiger partial charge in [0.1, 0.15) is 6.54 Å². The lowest BCUT2D eigenvalue weighted by Gasteiger charge is -2.22. The van der Waals surface area contributed by atoms with Crippen LogP contribution in [-0.4, -0.2) is 18.4 Å². The summed E-state index contributed by atoms with van der Waals surface area (Å²) in [5.41, 5.74) is 3.67. The minimum absolute atomic E-state index is 0.00425. The van der Waals surface area contributed by atoms with Gasteiger partial charge in [-0.2, -0.15) is 0 Å². The number of nitrogens with one attached hydrogen (secondary N) is 1. The van der Waals surface area contributed by atoms with Crippen molar-refractivity contribution in [1.82, 2.24) is 0 Å². The number of aryl methyl sites for hydroxylation is 2. The van der Waals surface area contributed by atoms with Crippen molar-refractivity contribution in [3.8, 4) is 0 Å². The molecule has 2 amide bonds. The Bertz CT molecular complexity index is 693. The second-order valence-corrected chi connectivity index (χ2v) is 5.49. The largest absolute Gasteiger partial charge is 0.325 e. The van der Waals surface area contributed by atoms with Crippen LogP contribution in [0.3, 0.4) is 0 Å². The summed E-state index contributed by atoms with van der Waals surface area (Å²) in [6, 6.07) is 15.3. The van der Waals surface area contributed by atoms with E-state index in [-0.39, 0.29) is 18.4 Å². The third-order valence-electron chi connectivity index (χ3n) is 3.73. The van der Waals surface area contributed by atoms with Gasteiger partial charge in [0.05, 0.1) is 0 Å². The van der Waals surface area contributed by atoms with Crippen molar-refractivity contribution in [3.63, 3.8) is 0 Å². The lowest BCUT2D eigenvalue weighted by atomic mass is 10.1. The Morgan fingerprint density at radius 2 is 1.70 bits per heavy atom. The molecule has 0 saturated heterocycles. The summed E-state index contributed by atoms with van der Waals surface area (Å²) in [5.74, 6) is -0.372. The SMILES string of the molecule is CCc1ccc(NC(=O)CN(C(C)=O)c2ccccc2C)cc1. The van der Waals surface area contributed by atoms with E-state index in [9.17, 15) is 9.59 Å². The van der Waals surface area contributed by atoms with Gasteiger partial charge in [-0.05, 0) is 42.7 Å². The highest BCUT2D eigenvalue weighted by atomic mass is 16.2. The third kappa shape index (κ3) is 4.42. The van der Waals surface area contributed by atoms with Gasteiger partial charge in [-0.25, -0.2) is 0 Å². The van der Waals surface area contributed by atoms with E-state index >= 15 is 0 Å². The maximum absolute atomic E-state index is 12.3. The predicted molar refractivity (Wildman–Crippen MR) is 93.7 cm³/mol. The van der Waals surface area contributed by atoms with Gasteiger partial charge in [0.25, 0.3) is 0 Å². The number of rotatable bonds is 5. The van der Waals surface area contributed by atoms with E-state index in [1.54, 1.807) is 0 Å². The molecule has 0 heterocycles. The Kier molecular flexibility index (Phi) is 5.52. The summed E-state index contributed by atoms with van der Waals surface area (Å²) in [5, 5.41) is 2.83. The van der Waals surface area contributed by atoms with Crippen LogP contribution in [0.25, 0.3) is 0 Å². The zero-order chi connectivity index (χ0) is 16.8. The molecule has 0 fully saturated rings. The van der Waals surface area contributed by atoms with E-state index in [0.29, 0.717) is 0 Å². The number of amides is 2. The average Bonchev–Trinajstić information content (AvgIpc) is 2.54. The molecule has 0 bridgehead atoms. The van der Waals surface area contributed by atoms with Crippen molar-refractivity contribution >= 4 is 23.2 Å². The van der Waals surface area contributed by atoms with Crippen LogP contribution in [0, 0.1) is 6.92 Å². The van der Waals surface area contributed by atoms with E-state index in [0.717, 1.165) is 23.4 Å². The minimum Gasteiger partial charge on any atom is -0.325 e. The molecule has 0 aliphatic rings. The Labute approximate surface area is 137 Å². The fourth-order valence-corrected chi connectivity index (χ4v) is 2.40. The number of nitrogens with zero attached hydrogens (tertiary/aromatic N) is 1. The molecule has 23 heavy (non-hydrogen) atoms. The van der Waals surface area contributed by atoms with Crippen LogP contribution in [0.4, 0.5) is 11.4 Å². The number of carbonyl (C=O) groups excluding carboxylic acids is 2. The zero-order valence-electron chi connectivity index (χ0n) is 13.8. The molecule has 1 N–H and O–H groups in total. The lowest BCUT2D eigenvalue weighted by Crippen LogP contribution is -2.37. The summed E-state index contributed by atoms with van der Waals surface area (Å²) in [4.78, 5) is 25.7. The lowest BCUT2D eigenvalue weighted by molar-refractivity contribution is -0.120. The third-order valence-corrected chi connectivity index (χ3v) is 3.73. The molecule has 2 aromatic carbocycles. The highest BCUT2D eigenvalue weighted by molar-refractivity contribution is 6.02. The van der Waals surface area contributed by atoms with Gasteiger partial charge in [-0.1, -0.05) is 37.3 Å². The summed E-state index contributed by atoms with van der Waals surface area (Å²) >= 11 is 0. The van der Waals surface area contributed by atoms with Gasteiger partial charge >= 0.3 is 0 Å². The number of hydrogen-bond acceptors (Lipinski definition) is 2. The first-order chi connectivity index (χ1) is 11.0. The monoisotopic (exact) mass is 310 g/mol. The first kappa shape index (κ1) is 16.7. The summed E-state index contributed by atoms with van der Waals surface area (Å²) in [7, 11) is 0. The Morgan fingerprint density at radius 1 is 1.04 bits per heavy atom. The molecule has 0 radical (unpaired) electrons. The van der Waals surface area contributed by atoms with Crippen molar-refractivity contribution in [2.75, 3.05) is 16.8 Å². The number of benzene rings is 2. The summed E-state index contributed by atoms with van der Waals surface area (Å²) in [6.07, 6.45) is 0.958. The second-order valence-electron chi connectivity index (χ2n) is 5.49. The molecule has 0 aliphatic heterocycles. The van der Waals surface area contributed by atoms with E-state index in [1.807, 2.05) is 55.5 Å². The van der Waals surface area contributed by atoms with Crippen LogP contribution < -0.4 is 10.2 Å². The van der Waals surface area contributed by atoms with E-state index < -0.39 is 0 Å². The molecule has 0 unspecified atom stereocenters. The minimum atomic E-state index is -0.215. The van der Waals surface area contributed by atoms with Crippen molar-refractivity contribution in [2.24, 2.45) is 0 Å². The Hall–Kier alpha value is -2.62. The van der Waals surface area contributed by atoms with Crippen LogP contribution in [0.15, 0.2) is 48.5 Å². The standard InChI is InChI=1S/C19H22N2O2/c1-4-16-9-11-17(12-10-16)20-19(23)13-21(15(3)22)18-8-6-5-7-14(18)2/h5-12H,4,13H2,1-3H3,(H,20,23). The quantitative estimate of drug-likeness (QED) is 0.918. The van der Waals surface area contributed by atoms with Gasteiger partial charge in [-0.3, -0.25) is 9.59 Å². The number of hydrogen-bond donors (Lipinski definition) is 1. The normalized spacial score (nSPS) is 10.2. The first-order valence-corrected chi connectivity index (χ1v) is 7.73. The molecule has 0 atom stereocenters. The molecule has 2 aromatic rings. The molecule has 4 nitrogen and oxygen atoms in total. The van der Waals surface area contributed by atoms with Crippen LogP contribution in [0.2, 0.25) is 0 Å². The Morgan fingerprint density at radius 3 is 2.26 bits per heavy atom. The molecule has 0 saturated carbocycles.